The highest BCUT2D eigenvalue weighted by Gasteiger charge is 2.35. The number of aryl methyl sites for hydroxylation is 1. The molecule has 2 aromatic rings. The molecule has 1 aromatic carbocycles. The highest BCUT2D eigenvalue weighted by molar-refractivity contribution is 6.15. The molecule has 30 heavy (non-hydrogen) atoms. The second kappa shape index (κ2) is 8.85. The van der Waals surface area contributed by atoms with E-state index in [9.17, 15) is 19.8 Å². The number of hydrogen-bond donors (Lipinski definition) is 2. The summed E-state index contributed by atoms with van der Waals surface area (Å²) < 4.78 is 15.6. The zero-order valence-corrected chi connectivity index (χ0v) is 17.5. The summed E-state index contributed by atoms with van der Waals surface area (Å²) >= 11 is 0. The molecule has 0 amide bonds. The number of aliphatic hydroxyl groups is 1. The van der Waals surface area contributed by atoms with Gasteiger partial charge in [-0.1, -0.05) is 5.16 Å². The summed E-state index contributed by atoms with van der Waals surface area (Å²) in [6, 6.07) is 2.94. The number of ketones is 2. The van der Waals surface area contributed by atoms with Crippen LogP contribution in [0, 0.1) is 6.92 Å². The topological polar surface area (TPSA) is 122 Å². The molecule has 162 valence electrons. The monoisotopic (exact) mass is 418 g/mol. The normalized spacial score (nSPS) is 19.5. The second-order valence-corrected chi connectivity index (χ2v) is 7.49. The summed E-state index contributed by atoms with van der Waals surface area (Å²) in [6.45, 7) is 2.78. The maximum absolute atomic E-state index is 13.0. The maximum atomic E-state index is 13.0. The summed E-state index contributed by atoms with van der Waals surface area (Å²) in [5, 5.41) is 25.3. The number of phenols is 1. The molecule has 3 rings (SSSR count). The number of carbonyl (C=O) groups excluding carboxylic acids is 2. The molecule has 9 nitrogen and oxygen atoms in total. The largest absolute Gasteiger partial charge is 0.507 e. The molecule has 2 atom stereocenters. The van der Waals surface area contributed by atoms with Gasteiger partial charge in [0, 0.05) is 30.2 Å². The van der Waals surface area contributed by atoms with Crippen molar-refractivity contribution in [2.45, 2.75) is 31.8 Å². The minimum absolute atomic E-state index is 0.0405. The second-order valence-electron chi connectivity index (χ2n) is 7.49. The molecule has 1 saturated heterocycles. The average molecular weight is 418 g/mol. The van der Waals surface area contributed by atoms with Gasteiger partial charge in [-0.25, -0.2) is 0 Å². The number of aromatic hydroxyl groups is 1. The molecule has 1 aromatic heterocycles. The van der Waals surface area contributed by atoms with Crippen LogP contribution < -0.4 is 9.47 Å². The van der Waals surface area contributed by atoms with Gasteiger partial charge >= 0.3 is 0 Å². The van der Waals surface area contributed by atoms with Crippen LogP contribution >= 0.6 is 0 Å². The van der Waals surface area contributed by atoms with Crippen LogP contribution in [0.15, 0.2) is 16.7 Å². The molecular formula is C21H26N2O7. The molecule has 0 bridgehead atoms. The minimum Gasteiger partial charge on any atom is -0.507 e. The van der Waals surface area contributed by atoms with E-state index < -0.39 is 30.0 Å². The lowest BCUT2D eigenvalue weighted by Crippen LogP contribution is -2.40. The number of likely N-dealkylation sites (tertiary alicyclic amines) is 1. The Bertz CT molecular complexity index is 953. The van der Waals surface area contributed by atoms with E-state index in [0.717, 1.165) is 0 Å². The van der Waals surface area contributed by atoms with Crippen molar-refractivity contribution < 1.29 is 33.8 Å². The molecule has 1 aliphatic rings. The Morgan fingerprint density at radius 2 is 1.93 bits per heavy atom. The highest BCUT2D eigenvalue weighted by Crippen LogP contribution is 2.46. The first-order valence-corrected chi connectivity index (χ1v) is 9.61. The third kappa shape index (κ3) is 4.17. The van der Waals surface area contributed by atoms with Gasteiger partial charge < -0.3 is 29.1 Å². The van der Waals surface area contributed by atoms with Crippen molar-refractivity contribution in [3.63, 3.8) is 0 Å². The van der Waals surface area contributed by atoms with Crippen molar-refractivity contribution in [3.05, 3.63) is 34.7 Å². The number of carbonyl (C=O) groups is 2. The predicted octanol–water partition coefficient (Wildman–Crippen LogP) is 1.94. The number of benzene rings is 1. The van der Waals surface area contributed by atoms with Gasteiger partial charge in [0.15, 0.2) is 11.6 Å². The Hall–Kier alpha value is -2.91. The van der Waals surface area contributed by atoms with Gasteiger partial charge in [0.2, 0.25) is 0 Å². The van der Waals surface area contributed by atoms with E-state index in [1.165, 1.54) is 26.4 Å². The van der Waals surface area contributed by atoms with Gasteiger partial charge in [0.1, 0.15) is 34.3 Å². The summed E-state index contributed by atoms with van der Waals surface area (Å²) in [5.74, 6) is -1.07. The summed E-state index contributed by atoms with van der Waals surface area (Å²) in [6.07, 6.45) is -0.698. The highest BCUT2D eigenvalue weighted by atomic mass is 16.5. The molecule has 1 fully saturated rings. The van der Waals surface area contributed by atoms with Crippen LogP contribution in [-0.4, -0.2) is 72.3 Å². The molecule has 9 heteroatoms. The number of ether oxygens (including phenoxy) is 2. The average Bonchev–Trinajstić information content (AvgIpc) is 3.14. The number of hydrogen-bond acceptors (Lipinski definition) is 9. The van der Waals surface area contributed by atoms with E-state index in [1.807, 2.05) is 11.9 Å². The number of aromatic nitrogens is 1. The van der Waals surface area contributed by atoms with Crippen molar-refractivity contribution in [1.29, 1.82) is 0 Å². The van der Waals surface area contributed by atoms with E-state index in [0.29, 0.717) is 36.6 Å². The van der Waals surface area contributed by atoms with Crippen LogP contribution in [0.3, 0.4) is 0 Å². The van der Waals surface area contributed by atoms with E-state index in [1.54, 1.807) is 6.92 Å². The molecule has 2 N–H and O–H groups in total. The number of Topliss-reactive ketones (excluding diaryl/α,β-unsaturated/α-hetero) is 2. The van der Waals surface area contributed by atoms with Crippen LogP contribution in [0.1, 0.15) is 50.9 Å². The predicted molar refractivity (Wildman–Crippen MR) is 107 cm³/mol. The van der Waals surface area contributed by atoms with Gasteiger partial charge in [0.25, 0.3) is 0 Å². The Morgan fingerprint density at radius 1 is 1.23 bits per heavy atom. The lowest BCUT2D eigenvalue weighted by Gasteiger charge is -2.35. The van der Waals surface area contributed by atoms with Gasteiger partial charge in [-0.05, 0) is 26.9 Å². The smallest absolute Gasteiger partial charge is 0.192 e. The van der Waals surface area contributed by atoms with Gasteiger partial charge in [-0.3, -0.25) is 9.59 Å². The first-order chi connectivity index (χ1) is 14.3. The summed E-state index contributed by atoms with van der Waals surface area (Å²) in [7, 11) is 4.70. The van der Waals surface area contributed by atoms with Crippen LogP contribution in [0.25, 0.3) is 0 Å². The van der Waals surface area contributed by atoms with E-state index >= 15 is 0 Å². The van der Waals surface area contributed by atoms with E-state index in [2.05, 4.69) is 5.16 Å². The lowest BCUT2D eigenvalue weighted by molar-refractivity contribution is 0.0618. The zero-order chi connectivity index (χ0) is 22.0. The van der Waals surface area contributed by atoms with Crippen LogP contribution in [0.5, 0.6) is 17.2 Å². The zero-order valence-electron chi connectivity index (χ0n) is 17.5. The SMILES string of the molecule is COc1cc(OC)c(C2CCN(C)CC2O)c(O)c1C(=O)CC(=O)c1cc(C)on1. The fraction of sp³-hybridized carbons (Fsp3) is 0.476. The molecule has 2 unspecified atom stereocenters. The standard InChI is InChI=1S/C21H26N2O7/c1-11-7-13(22-30-11)14(24)8-15(25)20-18(29-4)9-17(28-3)19(21(20)27)12-5-6-23(2)10-16(12)26/h7,9,12,16,26-27H,5-6,8,10H2,1-4H3. The number of β-amino-alcohol motifs (C(OH)–C–C–N with tert-alkyl or cyclic N) is 1. The third-order valence-corrected chi connectivity index (χ3v) is 5.38. The number of nitrogens with zero attached hydrogens (tertiary/aromatic N) is 2. The fourth-order valence-corrected chi connectivity index (χ4v) is 3.84. The van der Waals surface area contributed by atoms with Gasteiger partial charge in [-0.15, -0.1) is 0 Å². The minimum atomic E-state index is -0.750. The first-order valence-electron chi connectivity index (χ1n) is 9.61. The van der Waals surface area contributed by atoms with Crippen molar-refractivity contribution in [2.24, 2.45) is 0 Å². The molecular weight excluding hydrogens is 392 g/mol. The fourth-order valence-electron chi connectivity index (χ4n) is 3.84. The first kappa shape index (κ1) is 21.8. The van der Waals surface area contributed by atoms with E-state index in [4.69, 9.17) is 14.0 Å². The lowest BCUT2D eigenvalue weighted by atomic mass is 9.84. The van der Waals surface area contributed by atoms with Gasteiger partial charge in [-0.2, -0.15) is 0 Å². The summed E-state index contributed by atoms with van der Waals surface area (Å²) in [5.41, 5.74) is 0.263. The van der Waals surface area contributed by atoms with Crippen molar-refractivity contribution >= 4 is 11.6 Å². The molecule has 0 radical (unpaired) electrons. The number of phenolic OH excluding ortho intramolecular Hbond substituents is 1. The summed E-state index contributed by atoms with van der Waals surface area (Å²) in [4.78, 5) is 27.4. The molecule has 0 saturated carbocycles. The van der Waals surface area contributed by atoms with Gasteiger partial charge in [0.05, 0.1) is 26.7 Å². The third-order valence-electron chi connectivity index (χ3n) is 5.38. The molecule has 1 aliphatic heterocycles. The van der Waals surface area contributed by atoms with Crippen LogP contribution in [0.2, 0.25) is 0 Å². The van der Waals surface area contributed by atoms with Crippen LogP contribution in [0.4, 0.5) is 0 Å². The number of rotatable bonds is 7. The Morgan fingerprint density at radius 3 is 2.50 bits per heavy atom. The Labute approximate surface area is 174 Å². The number of methoxy groups -OCH3 is 2. The maximum Gasteiger partial charge on any atom is 0.192 e. The quantitative estimate of drug-likeness (QED) is 0.513. The van der Waals surface area contributed by atoms with E-state index in [-0.39, 0.29) is 22.8 Å². The number of aliphatic hydroxyl groups excluding tert-OH is 1. The molecule has 0 aliphatic carbocycles. The van der Waals surface area contributed by atoms with Crippen molar-refractivity contribution in [1.82, 2.24) is 10.1 Å². The Balaban J connectivity index is 2.01. The van der Waals surface area contributed by atoms with Crippen molar-refractivity contribution in [3.8, 4) is 17.2 Å². The number of likely N-dealkylation sites (N-methyl/N-ethyl adjacent to an activating group) is 1. The van der Waals surface area contributed by atoms with Crippen LogP contribution in [-0.2, 0) is 0 Å². The van der Waals surface area contributed by atoms with Crippen molar-refractivity contribution in [2.75, 3.05) is 34.4 Å². The molecule has 0 spiro atoms. The number of piperidine rings is 1. The Kier molecular flexibility index (Phi) is 6.42. The molecule has 2 heterocycles.